The fourth-order valence-corrected chi connectivity index (χ4v) is 2.12. The Morgan fingerprint density at radius 2 is 1.73 bits per heavy atom. The highest BCUT2D eigenvalue weighted by molar-refractivity contribution is 6.30. The van der Waals surface area contributed by atoms with Crippen molar-refractivity contribution in [1.82, 2.24) is 0 Å². The van der Waals surface area contributed by atoms with Gasteiger partial charge in [-0.3, -0.25) is 4.90 Å². The Balaban J connectivity index is 2.38. The number of rotatable bonds is 3. The molecule has 0 heterocycles. The van der Waals surface area contributed by atoms with E-state index in [9.17, 15) is 31.5 Å². The average Bonchev–Trinajstić information content (AvgIpc) is 2.55. The van der Waals surface area contributed by atoms with Crippen molar-refractivity contribution in [1.29, 1.82) is 0 Å². The van der Waals surface area contributed by atoms with Crippen molar-refractivity contribution >= 4 is 29.4 Å². The van der Waals surface area contributed by atoms with Crippen molar-refractivity contribution < 1.29 is 36.3 Å². The summed E-state index contributed by atoms with van der Waals surface area (Å²) in [4.78, 5) is 23.5. The Labute approximate surface area is 148 Å². The zero-order valence-corrected chi connectivity index (χ0v) is 13.4. The van der Waals surface area contributed by atoms with E-state index in [4.69, 9.17) is 11.6 Å². The molecule has 4 nitrogen and oxygen atoms in total. The predicted octanol–water partition coefficient (Wildman–Crippen LogP) is 4.85. The summed E-state index contributed by atoms with van der Waals surface area (Å²) in [6.45, 7) is -0.700. The van der Waals surface area contributed by atoms with Gasteiger partial charge in [0.25, 0.3) is 0 Å². The molecule has 1 amide bonds. The average molecular weight is 394 g/mol. The highest BCUT2D eigenvalue weighted by Crippen LogP contribution is 2.25. The Morgan fingerprint density at radius 1 is 1.08 bits per heavy atom. The van der Waals surface area contributed by atoms with E-state index in [0.717, 1.165) is 18.2 Å². The minimum absolute atomic E-state index is 0.0823. The smallest absolute Gasteiger partial charge is 0.369 e. The number of nitrogens with zero attached hydrogens (tertiary/aromatic N) is 1. The summed E-state index contributed by atoms with van der Waals surface area (Å²) < 4.78 is 67.9. The zero-order chi connectivity index (χ0) is 19.5. The van der Waals surface area contributed by atoms with E-state index >= 15 is 0 Å². The van der Waals surface area contributed by atoms with Gasteiger partial charge in [-0.15, -0.1) is 0 Å². The lowest BCUT2D eigenvalue weighted by molar-refractivity contribution is -0.192. The van der Waals surface area contributed by atoms with Gasteiger partial charge < -0.3 is 4.74 Å². The molecule has 0 bridgehead atoms. The predicted molar refractivity (Wildman–Crippen MR) is 81.5 cm³/mol. The fourth-order valence-electron chi connectivity index (χ4n) is 1.94. The number of alkyl halides is 3. The largest absolute Gasteiger partial charge is 0.491 e. The molecule has 138 valence electrons. The van der Waals surface area contributed by atoms with E-state index in [0.29, 0.717) is 4.90 Å². The van der Waals surface area contributed by atoms with Gasteiger partial charge in [0.2, 0.25) is 0 Å². The standard InChI is InChI=1S/C16H9ClF5NO3/c17-10-4-2-5-11(7-10)23(15(25)26-14(24)16(20,21)22)8-9-3-1-6-12(18)13(9)19/h1-7H,8H2. The first-order chi connectivity index (χ1) is 12.1. The quantitative estimate of drug-likeness (QED) is 0.425. The summed E-state index contributed by atoms with van der Waals surface area (Å²) >= 11 is 5.77. The minimum Gasteiger partial charge on any atom is -0.369 e. The van der Waals surface area contributed by atoms with Gasteiger partial charge in [-0.25, -0.2) is 18.4 Å². The van der Waals surface area contributed by atoms with Gasteiger partial charge in [0.15, 0.2) is 11.6 Å². The first-order valence-electron chi connectivity index (χ1n) is 6.88. The molecule has 0 radical (unpaired) electrons. The zero-order valence-electron chi connectivity index (χ0n) is 12.7. The molecular formula is C16H9ClF5NO3. The Bertz CT molecular complexity index is 841. The van der Waals surface area contributed by atoms with E-state index in [1.807, 2.05) is 0 Å². The van der Waals surface area contributed by atoms with Crippen LogP contribution in [0.15, 0.2) is 42.5 Å². The van der Waals surface area contributed by atoms with Crippen LogP contribution in [0.3, 0.4) is 0 Å². The van der Waals surface area contributed by atoms with Crippen molar-refractivity contribution in [3.05, 3.63) is 64.7 Å². The lowest BCUT2D eigenvalue weighted by Gasteiger charge is -2.22. The number of hydrogen-bond acceptors (Lipinski definition) is 3. The molecule has 10 heteroatoms. The van der Waals surface area contributed by atoms with E-state index in [1.165, 1.54) is 24.3 Å². The van der Waals surface area contributed by atoms with Crippen molar-refractivity contribution in [2.24, 2.45) is 0 Å². The molecule has 26 heavy (non-hydrogen) atoms. The Morgan fingerprint density at radius 3 is 2.35 bits per heavy atom. The first-order valence-corrected chi connectivity index (χ1v) is 7.26. The van der Waals surface area contributed by atoms with Crippen LogP contribution >= 0.6 is 11.6 Å². The molecule has 0 aliphatic heterocycles. The molecule has 0 aliphatic carbocycles. The number of carbonyl (C=O) groups is 2. The second kappa shape index (κ2) is 7.69. The van der Waals surface area contributed by atoms with Gasteiger partial charge in [-0.2, -0.15) is 13.2 Å². The van der Waals surface area contributed by atoms with Crippen molar-refractivity contribution in [3.63, 3.8) is 0 Å². The number of anilines is 1. The van der Waals surface area contributed by atoms with Crippen LogP contribution in [0.1, 0.15) is 5.56 Å². The highest BCUT2D eigenvalue weighted by atomic mass is 35.5. The van der Waals surface area contributed by atoms with Crippen LogP contribution in [-0.2, 0) is 16.1 Å². The molecule has 2 aromatic rings. The van der Waals surface area contributed by atoms with Crippen LogP contribution in [0, 0.1) is 11.6 Å². The molecular weight excluding hydrogens is 385 g/mol. The van der Waals surface area contributed by atoms with E-state index in [-0.39, 0.29) is 16.3 Å². The highest BCUT2D eigenvalue weighted by Gasteiger charge is 2.43. The molecule has 0 atom stereocenters. The van der Waals surface area contributed by atoms with E-state index in [2.05, 4.69) is 4.74 Å². The van der Waals surface area contributed by atoms with Gasteiger partial charge in [0, 0.05) is 16.3 Å². The number of carbonyl (C=O) groups excluding carboxylic acids is 2. The van der Waals surface area contributed by atoms with Gasteiger partial charge >= 0.3 is 18.2 Å². The first kappa shape index (κ1) is 19.6. The number of amides is 1. The number of esters is 1. The second-order valence-electron chi connectivity index (χ2n) is 4.93. The van der Waals surface area contributed by atoms with Gasteiger partial charge in [-0.1, -0.05) is 29.8 Å². The summed E-state index contributed by atoms with van der Waals surface area (Å²) in [6, 6.07) is 8.32. The van der Waals surface area contributed by atoms with Crippen molar-refractivity contribution in [2.75, 3.05) is 4.90 Å². The van der Waals surface area contributed by atoms with Crippen LogP contribution in [0.4, 0.5) is 32.4 Å². The molecule has 2 rings (SSSR count). The second-order valence-corrected chi connectivity index (χ2v) is 5.37. The maximum Gasteiger partial charge on any atom is 0.491 e. The van der Waals surface area contributed by atoms with Crippen LogP contribution < -0.4 is 4.90 Å². The van der Waals surface area contributed by atoms with E-state index < -0.39 is 36.4 Å². The molecule has 0 N–H and O–H groups in total. The Kier molecular flexibility index (Phi) is 5.81. The summed E-state index contributed by atoms with van der Waals surface area (Å²) in [6.07, 6.45) is -7.13. The monoisotopic (exact) mass is 393 g/mol. The normalized spacial score (nSPS) is 11.2. The topological polar surface area (TPSA) is 46.6 Å². The SMILES string of the molecule is O=C(OC(=O)C(F)(F)F)N(Cc1cccc(F)c1F)c1cccc(Cl)c1. The molecule has 0 aliphatic rings. The van der Waals surface area contributed by atoms with Crippen LogP contribution in [-0.4, -0.2) is 18.2 Å². The summed E-state index contributed by atoms with van der Waals surface area (Å²) in [7, 11) is 0. The lowest BCUT2D eigenvalue weighted by atomic mass is 10.2. The summed E-state index contributed by atoms with van der Waals surface area (Å²) in [5.74, 6) is -5.25. The van der Waals surface area contributed by atoms with Crippen molar-refractivity contribution in [3.8, 4) is 0 Å². The van der Waals surface area contributed by atoms with Crippen LogP contribution in [0.2, 0.25) is 5.02 Å². The summed E-state index contributed by atoms with van der Waals surface area (Å²) in [5, 5.41) is 0.113. The van der Waals surface area contributed by atoms with Gasteiger partial charge in [-0.05, 0) is 24.3 Å². The molecule has 0 spiro atoms. The Hall–Kier alpha value is -2.68. The molecule has 2 aromatic carbocycles. The maximum absolute atomic E-state index is 13.8. The molecule has 0 fully saturated rings. The number of halogens is 6. The molecule has 0 saturated carbocycles. The van der Waals surface area contributed by atoms with Crippen LogP contribution in [0.5, 0.6) is 0 Å². The van der Waals surface area contributed by atoms with E-state index in [1.54, 1.807) is 0 Å². The minimum atomic E-state index is -5.40. The molecule has 0 aromatic heterocycles. The fraction of sp³-hybridized carbons (Fsp3) is 0.125. The third kappa shape index (κ3) is 4.69. The molecule has 0 saturated heterocycles. The number of benzene rings is 2. The number of ether oxygens (including phenoxy) is 1. The molecule has 0 unspecified atom stereocenters. The number of hydrogen-bond donors (Lipinski definition) is 0. The van der Waals surface area contributed by atoms with Gasteiger partial charge in [0.05, 0.1) is 6.54 Å². The lowest BCUT2D eigenvalue weighted by Crippen LogP contribution is -2.37. The van der Waals surface area contributed by atoms with Gasteiger partial charge in [0.1, 0.15) is 0 Å². The third-order valence-corrected chi connectivity index (χ3v) is 3.35. The van der Waals surface area contributed by atoms with Crippen molar-refractivity contribution in [2.45, 2.75) is 12.7 Å². The maximum atomic E-state index is 13.8. The third-order valence-electron chi connectivity index (χ3n) is 3.11. The summed E-state index contributed by atoms with van der Waals surface area (Å²) in [5.41, 5.74) is -0.428. The van der Waals surface area contributed by atoms with Crippen LogP contribution in [0.25, 0.3) is 0 Å².